The van der Waals surface area contributed by atoms with Crippen molar-refractivity contribution in [2.75, 3.05) is 219 Å². The Morgan fingerprint density at radius 1 is 0.277 bits per heavy atom. The molecule has 3 heterocycles. The Morgan fingerprint density at radius 2 is 0.574 bits per heavy atom. The fourth-order valence-electron chi connectivity index (χ4n) is 13.0. The lowest BCUT2D eigenvalue weighted by Gasteiger charge is -2.26. The third kappa shape index (κ3) is 83.3. The van der Waals surface area contributed by atoms with E-state index in [1.165, 1.54) is 119 Å². The lowest BCUT2D eigenvalue weighted by atomic mass is 9.89. The molecule has 9 rings (SSSR count). The maximum atomic E-state index is 12.0. The Morgan fingerprint density at radius 3 is 0.851 bits per heavy atom. The number of rotatable bonds is 32. The van der Waals surface area contributed by atoms with Gasteiger partial charge in [0.2, 0.25) is 82.7 Å². The molecule has 1 aliphatic carbocycles. The summed E-state index contributed by atoms with van der Waals surface area (Å²) in [6, 6.07) is 49.9. The zero-order valence-corrected chi connectivity index (χ0v) is 96.2. The summed E-state index contributed by atoms with van der Waals surface area (Å²) in [6.07, 6.45) is 18.8. The summed E-state index contributed by atoms with van der Waals surface area (Å²) in [6.45, 7) is 37.0. The third-order valence-electron chi connectivity index (χ3n) is 22.3. The van der Waals surface area contributed by atoms with Crippen molar-refractivity contribution in [1.29, 1.82) is 0 Å². The van der Waals surface area contributed by atoms with Crippen molar-refractivity contribution in [3.8, 4) is 0 Å². The Hall–Kier alpha value is -11.6. The van der Waals surface area contributed by atoms with E-state index in [4.69, 9.17) is 28.4 Å². The third-order valence-corrected chi connectivity index (χ3v) is 22.3. The van der Waals surface area contributed by atoms with Crippen LogP contribution in [0.3, 0.4) is 0 Å². The molecule has 0 aromatic heterocycles. The van der Waals surface area contributed by atoms with Crippen molar-refractivity contribution in [2.24, 2.45) is 5.92 Å². The minimum Gasteiger partial charge on any atom is -0.378 e. The number of hydrogen-bond donors (Lipinski definition) is 0. The summed E-state index contributed by atoms with van der Waals surface area (Å²) in [5, 5.41) is 0. The molecule has 0 radical (unpaired) electrons. The summed E-state index contributed by atoms with van der Waals surface area (Å²) in [5.41, 5.74) is 5.69. The number of piperidine rings is 1. The molecule has 0 bridgehead atoms. The predicted molar refractivity (Wildman–Crippen MR) is 588 cm³/mol. The monoisotopic (exact) mass is 2080 g/mol. The van der Waals surface area contributed by atoms with Crippen molar-refractivity contribution in [2.45, 2.75) is 239 Å². The fourth-order valence-corrected chi connectivity index (χ4v) is 13.0. The highest BCUT2D eigenvalue weighted by atomic mass is 16.5. The molecule has 0 unspecified atom stereocenters. The number of carbonyl (C=O) groups excluding carboxylic acids is 14. The Balaban J connectivity index is -0.000000501. The van der Waals surface area contributed by atoms with E-state index in [1.54, 1.807) is 156 Å². The van der Waals surface area contributed by atoms with Gasteiger partial charge < -0.3 is 92.0 Å². The second kappa shape index (κ2) is 95.1. The van der Waals surface area contributed by atoms with Crippen molar-refractivity contribution in [1.82, 2.24) is 68.6 Å². The van der Waals surface area contributed by atoms with Gasteiger partial charge in [-0.15, -0.1) is 0 Å². The van der Waals surface area contributed by atoms with Gasteiger partial charge in [0, 0.05) is 280 Å². The van der Waals surface area contributed by atoms with Gasteiger partial charge in [-0.05, 0) is 104 Å². The maximum Gasteiger partial charge on any atom is 0.227 e. The van der Waals surface area contributed by atoms with Crippen LogP contribution in [0, 0.1) is 5.92 Å². The molecule has 1 saturated carbocycles. The molecule has 4 aliphatic rings. The minimum atomic E-state index is -0.0521. The van der Waals surface area contributed by atoms with Gasteiger partial charge in [-0.1, -0.05) is 199 Å². The molecule has 14 amide bonds. The van der Waals surface area contributed by atoms with Crippen LogP contribution in [0.15, 0.2) is 152 Å². The molecule has 35 nitrogen and oxygen atoms in total. The first-order valence-electron chi connectivity index (χ1n) is 51.2. The number of morpholine rings is 1. The van der Waals surface area contributed by atoms with Crippen molar-refractivity contribution in [3.05, 3.63) is 179 Å². The van der Waals surface area contributed by atoms with Crippen LogP contribution < -0.4 is 0 Å². The Labute approximate surface area is 890 Å². The van der Waals surface area contributed by atoms with E-state index in [-0.39, 0.29) is 96.2 Å². The number of carbonyl (C=O) groups is 14. The van der Waals surface area contributed by atoms with Crippen molar-refractivity contribution >= 4 is 82.7 Å². The predicted octanol–water partition coefficient (Wildman–Crippen LogP) is 15.0. The van der Waals surface area contributed by atoms with Gasteiger partial charge in [0.15, 0.2) is 0 Å². The number of likely N-dealkylation sites (tertiary alicyclic amines) is 2. The van der Waals surface area contributed by atoms with Crippen LogP contribution >= 0.6 is 0 Å². The first kappa shape index (κ1) is 145. The van der Waals surface area contributed by atoms with E-state index in [1.807, 2.05) is 213 Å². The molecule has 35 heteroatoms. The lowest BCUT2D eigenvalue weighted by molar-refractivity contribution is -0.142. The fraction of sp³-hybridized carbons (Fsp3) is 0.611. The van der Waals surface area contributed by atoms with E-state index in [9.17, 15) is 67.1 Å². The molecule has 5 aromatic carbocycles. The van der Waals surface area contributed by atoms with E-state index < -0.39 is 0 Å². The van der Waals surface area contributed by atoms with Crippen molar-refractivity contribution in [3.63, 3.8) is 0 Å². The van der Waals surface area contributed by atoms with Gasteiger partial charge in [0.05, 0.1) is 19.6 Å². The molecule has 3 aliphatic heterocycles. The van der Waals surface area contributed by atoms with E-state index in [0.29, 0.717) is 92.0 Å². The van der Waals surface area contributed by atoms with Crippen LogP contribution in [0.4, 0.5) is 0 Å². The summed E-state index contributed by atoms with van der Waals surface area (Å²) in [4.78, 5) is 176. The number of nitrogens with zero attached hydrogens (tertiary/aromatic N) is 14. The molecular weight excluding hydrogens is 1890 g/mol. The number of hydrogen-bond acceptors (Lipinski definition) is 21. The summed E-state index contributed by atoms with van der Waals surface area (Å²) in [5.74, 6) is 2.55. The molecule has 5 aromatic rings. The lowest BCUT2D eigenvalue weighted by Crippen LogP contribution is -2.39. The highest BCUT2D eigenvalue weighted by Crippen LogP contribution is 2.24. The standard InChI is InChI=1S/2C16H17NO.C10H19NO.C10H13NO.C8H17NO3.C7H15NO2.C7H13NO.C6H13NO3.C6H11NO2.C6H11NO.2C6H13NO.C5H11NO2.C4H9NO/c1-17(13-15-10-6-3-7-11-15)16(18)12-14-8-4-2-5-9-14;1-14(18)17(12-15-8-4-2-5-9-15)13-16-10-6-3-7-11-16;2*1-9(12)11(2)8-10-6-4-3-5-7-10;1-4-5-8(10)9(6-11-2)7-12-3;1-4-5-7(9)8(2)6-10-3;1-7(9)8-5-3-2-4-6-8;1-6(8)7(4-9-2)5-10-3;1-6(8)7-2-4-9-5-3-7;1-6(8)7-4-2-3-5-7;1-4-5-6(8)7(2)3;1-4-5-7(3)6(2)8;1-5(7)6(2)4-8-3;1-4(6)5(2)3/h2*2-11H,12-13H2,1H3;10H,3-8H2,1-2H3;3-7H,8H2,1-2H3;4-7H2,1-3H3;4-6H2,1-3H3;2-6H2,1H3;4-5H2,1-3H3;2-5H2,1H3;2-5H2,1H3;2*4-5H2,1-3H3;4H2,1-3H3;1-3H3. The first-order chi connectivity index (χ1) is 70.2. The second-order valence-corrected chi connectivity index (χ2v) is 36.1. The number of amides is 14. The van der Waals surface area contributed by atoms with Gasteiger partial charge in [-0.2, -0.15) is 0 Å². The summed E-state index contributed by atoms with van der Waals surface area (Å²) >= 11 is 0. The molecule has 3 saturated heterocycles. The summed E-state index contributed by atoms with van der Waals surface area (Å²) in [7, 11) is 27.1. The van der Waals surface area contributed by atoms with Crippen LogP contribution in [0.5, 0.6) is 0 Å². The van der Waals surface area contributed by atoms with E-state index >= 15 is 0 Å². The second-order valence-electron chi connectivity index (χ2n) is 36.1. The normalized spacial score (nSPS) is 12.1. The quantitative estimate of drug-likeness (QED) is 0.0361. The number of methoxy groups -OCH3 is 6. The summed E-state index contributed by atoms with van der Waals surface area (Å²) < 4.78 is 33.7. The first-order valence-corrected chi connectivity index (χ1v) is 51.2. The number of benzene rings is 5. The minimum absolute atomic E-state index is 0.0202. The highest BCUT2D eigenvalue weighted by Gasteiger charge is 2.20. The molecule has 0 N–H and O–H groups in total. The SMILES string of the molecule is CC(=O)N(C)C.CC(=O)N(C)CC1CCCCC1.CC(=O)N(C)Cc1ccccc1.CC(=O)N(Cc1ccccc1)Cc1ccccc1.CC(=O)N1CCCC1.CC(=O)N1CCCCC1.CC(=O)N1CCOCC1.CCCC(=O)N(C)C.CCCC(=O)N(C)COC.CCCC(=O)N(COC)COC.CCCN(C)C(C)=O.CN(Cc1ccccc1)C(=O)Cc1ccccc1.COCN(C)C(C)=O.COCN(COC)C(C)=O. The number of ether oxygens (including phenoxy) is 7. The van der Waals surface area contributed by atoms with Gasteiger partial charge in [-0.3, -0.25) is 76.9 Å². The zero-order valence-electron chi connectivity index (χ0n) is 96.2. The topological polar surface area (TPSA) is 349 Å². The van der Waals surface area contributed by atoms with Crippen LogP contribution in [0.2, 0.25) is 0 Å². The van der Waals surface area contributed by atoms with Crippen molar-refractivity contribution < 1.29 is 100 Å². The van der Waals surface area contributed by atoms with E-state index in [0.717, 1.165) is 112 Å². The molecular formula is C113H192N14O21. The molecule has 840 valence electrons. The van der Waals surface area contributed by atoms with Crippen LogP contribution in [0.25, 0.3) is 0 Å². The van der Waals surface area contributed by atoms with Gasteiger partial charge in [-0.25, -0.2) is 0 Å². The van der Waals surface area contributed by atoms with Crippen LogP contribution in [-0.2, 0) is 133 Å². The van der Waals surface area contributed by atoms with E-state index in [2.05, 4.69) is 11.7 Å². The Bertz CT molecular complexity index is 4140. The Kier molecular flexibility index (Phi) is 93.0. The van der Waals surface area contributed by atoms with Gasteiger partial charge in [0.25, 0.3) is 0 Å². The largest absolute Gasteiger partial charge is 0.378 e. The molecule has 0 spiro atoms. The molecule has 148 heavy (non-hydrogen) atoms. The highest BCUT2D eigenvalue weighted by molar-refractivity contribution is 5.80. The maximum absolute atomic E-state index is 12.0. The number of likely N-dealkylation sites (N-methyl/N-ethyl adjacent to an activating group) is 1. The smallest absolute Gasteiger partial charge is 0.227 e. The molecule has 4 fully saturated rings. The van der Waals surface area contributed by atoms with Gasteiger partial charge >= 0.3 is 0 Å². The zero-order chi connectivity index (χ0) is 113. The average Bonchev–Trinajstić information content (AvgIpc) is 1.59. The van der Waals surface area contributed by atoms with Gasteiger partial charge in [0.1, 0.15) is 40.4 Å². The molecule has 0 atom stereocenters. The average molecular weight is 2080 g/mol. The van der Waals surface area contributed by atoms with Crippen LogP contribution in [-0.4, -0.2) is 370 Å². The van der Waals surface area contributed by atoms with Crippen LogP contribution in [0.1, 0.15) is 234 Å².